The van der Waals surface area contributed by atoms with E-state index < -0.39 is 15.9 Å². The second-order valence-electron chi connectivity index (χ2n) is 9.15. The number of fused-ring (bicyclic) bond motifs is 1. The predicted molar refractivity (Wildman–Crippen MR) is 154 cm³/mol. The van der Waals surface area contributed by atoms with E-state index in [1.807, 2.05) is 30.3 Å². The number of hydrogen-bond acceptors (Lipinski definition) is 6. The standard InChI is InChI=1S/C31H27N3O5S/c1-2-39-28(35)19-21-13-15-23(16-14-21)32-30(22-9-5-3-6-10-22)29-26-20-24(17-18-27(26)33-31(29)36)34-40(37,38)25-11-7-4-8-12-25/h3-18,20,29,34H,2,19H2,1H3,(H,33,36). The lowest BCUT2D eigenvalue weighted by atomic mass is 9.90. The fourth-order valence-corrected chi connectivity index (χ4v) is 5.59. The highest BCUT2D eigenvalue weighted by molar-refractivity contribution is 7.92. The molecule has 0 saturated heterocycles. The van der Waals surface area contributed by atoms with E-state index in [4.69, 9.17) is 9.73 Å². The number of carbonyl (C=O) groups excluding carboxylic acids is 2. The fourth-order valence-electron chi connectivity index (χ4n) is 4.52. The third-order valence-corrected chi connectivity index (χ3v) is 7.77. The molecule has 5 rings (SSSR count). The molecule has 1 aliphatic heterocycles. The zero-order valence-corrected chi connectivity index (χ0v) is 22.5. The normalized spacial score (nSPS) is 14.8. The molecule has 0 aromatic heterocycles. The summed E-state index contributed by atoms with van der Waals surface area (Å²) in [5, 5.41) is 2.90. The third-order valence-electron chi connectivity index (χ3n) is 6.37. The van der Waals surface area contributed by atoms with Crippen LogP contribution in [-0.2, 0) is 30.8 Å². The van der Waals surface area contributed by atoms with Crippen molar-refractivity contribution in [1.82, 2.24) is 0 Å². The monoisotopic (exact) mass is 553 g/mol. The molecule has 0 saturated carbocycles. The van der Waals surface area contributed by atoms with E-state index in [1.165, 1.54) is 12.1 Å². The number of benzene rings is 4. The zero-order valence-electron chi connectivity index (χ0n) is 21.7. The number of anilines is 2. The number of sulfonamides is 1. The van der Waals surface area contributed by atoms with Gasteiger partial charge >= 0.3 is 5.97 Å². The third kappa shape index (κ3) is 5.94. The Morgan fingerprint density at radius 2 is 1.60 bits per heavy atom. The van der Waals surface area contributed by atoms with E-state index in [9.17, 15) is 18.0 Å². The van der Waals surface area contributed by atoms with Crippen molar-refractivity contribution in [2.75, 3.05) is 16.6 Å². The number of hydrogen-bond donors (Lipinski definition) is 2. The van der Waals surface area contributed by atoms with Gasteiger partial charge in [-0.2, -0.15) is 0 Å². The first-order valence-electron chi connectivity index (χ1n) is 12.8. The molecule has 40 heavy (non-hydrogen) atoms. The van der Waals surface area contributed by atoms with Crippen LogP contribution in [0.25, 0.3) is 0 Å². The van der Waals surface area contributed by atoms with Gasteiger partial charge in [0.15, 0.2) is 0 Å². The number of nitrogens with one attached hydrogen (secondary N) is 2. The molecule has 0 aliphatic carbocycles. The van der Waals surface area contributed by atoms with Gasteiger partial charge in [-0.1, -0.05) is 60.7 Å². The quantitative estimate of drug-likeness (QED) is 0.211. The summed E-state index contributed by atoms with van der Waals surface area (Å²) >= 11 is 0. The molecule has 0 radical (unpaired) electrons. The summed E-state index contributed by atoms with van der Waals surface area (Å²) in [6.07, 6.45) is 0.156. The Morgan fingerprint density at radius 3 is 2.27 bits per heavy atom. The Morgan fingerprint density at radius 1 is 0.925 bits per heavy atom. The van der Waals surface area contributed by atoms with Gasteiger partial charge in [-0.05, 0) is 66.1 Å². The SMILES string of the molecule is CCOC(=O)Cc1ccc(N=C(c2ccccc2)C2C(=O)Nc3ccc(NS(=O)(=O)c4ccccc4)cc32)cc1. The lowest BCUT2D eigenvalue weighted by molar-refractivity contribution is -0.142. The summed E-state index contributed by atoms with van der Waals surface area (Å²) in [7, 11) is -3.82. The van der Waals surface area contributed by atoms with Crippen LogP contribution in [0, 0.1) is 0 Å². The Kier molecular flexibility index (Phi) is 7.75. The van der Waals surface area contributed by atoms with Crippen LogP contribution >= 0.6 is 0 Å². The van der Waals surface area contributed by atoms with Crippen LogP contribution in [0.1, 0.15) is 29.5 Å². The molecule has 9 heteroatoms. The van der Waals surface area contributed by atoms with Gasteiger partial charge in [0.05, 0.1) is 29.3 Å². The fraction of sp³-hybridized carbons (Fsp3) is 0.129. The first-order valence-corrected chi connectivity index (χ1v) is 14.2. The molecule has 0 fully saturated rings. The molecule has 0 spiro atoms. The van der Waals surface area contributed by atoms with Crippen LogP contribution in [0.4, 0.5) is 17.1 Å². The second-order valence-corrected chi connectivity index (χ2v) is 10.8. The molecule has 202 valence electrons. The molecule has 1 heterocycles. The van der Waals surface area contributed by atoms with Crippen LogP contribution in [0.5, 0.6) is 0 Å². The van der Waals surface area contributed by atoms with Crippen LogP contribution in [-0.4, -0.2) is 32.6 Å². The van der Waals surface area contributed by atoms with E-state index in [1.54, 1.807) is 67.6 Å². The van der Waals surface area contributed by atoms with Crippen molar-refractivity contribution in [1.29, 1.82) is 0 Å². The van der Waals surface area contributed by atoms with Crippen molar-refractivity contribution in [2.24, 2.45) is 4.99 Å². The number of nitrogens with zero attached hydrogens (tertiary/aromatic N) is 1. The van der Waals surface area contributed by atoms with Gasteiger partial charge in [0.2, 0.25) is 5.91 Å². The molecular weight excluding hydrogens is 526 g/mol. The Hall–Kier alpha value is -4.76. The zero-order chi connectivity index (χ0) is 28.1. The highest BCUT2D eigenvalue weighted by atomic mass is 32.2. The molecule has 1 unspecified atom stereocenters. The number of aliphatic imine (C=N–C) groups is 1. The van der Waals surface area contributed by atoms with E-state index >= 15 is 0 Å². The first kappa shape index (κ1) is 26.8. The highest BCUT2D eigenvalue weighted by Crippen LogP contribution is 2.38. The molecule has 8 nitrogen and oxygen atoms in total. The summed E-state index contributed by atoms with van der Waals surface area (Å²) in [6, 6.07) is 29.6. The van der Waals surface area contributed by atoms with Crippen molar-refractivity contribution >= 4 is 44.7 Å². The van der Waals surface area contributed by atoms with Crippen molar-refractivity contribution in [3.8, 4) is 0 Å². The minimum Gasteiger partial charge on any atom is -0.466 e. The first-order chi connectivity index (χ1) is 19.3. The van der Waals surface area contributed by atoms with Gasteiger partial charge in [-0.3, -0.25) is 19.3 Å². The topological polar surface area (TPSA) is 114 Å². The predicted octanol–water partition coefficient (Wildman–Crippen LogP) is 5.45. The number of carbonyl (C=O) groups is 2. The van der Waals surface area contributed by atoms with Crippen LogP contribution < -0.4 is 10.0 Å². The Balaban J connectivity index is 1.51. The van der Waals surface area contributed by atoms with Crippen molar-refractivity contribution in [2.45, 2.75) is 24.2 Å². The summed E-state index contributed by atoms with van der Waals surface area (Å²) < 4.78 is 33.5. The van der Waals surface area contributed by atoms with Gasteiger partial charge in [-0.15, -0.1) is 0 Å². The van der Waals surface area contributed by atoms with E-state index in [-0.39, 0.29) is 23.2 Å². The summed E-state index contributed by atoms with van der Waals surface area (Å²) in [6.45, 7) is 2.08. The molecule has 1 atom stereocenters. The number of rotatable bonds is 9. The average molecular weight is 554 g/mol. The average Bonchev–Trinajstić information content (AvgIpc) is 3.28. The molecule has 4 aromatic carbocycles. The Bertz CT molecular complexity index is 1670. The van der Waals surface area contributed by atoms with Crippen LogP contribution in [0.2, 0.25) is 0 Å². The van der Waals surface area contributed by atoms with Crippen molar-refractivity contribution in [3.05, 3.63) is 120 Å². The Labute approximate surface area is 232 Å². The van der Waals surface area contributed by atoms with Gasteiger partial charge in [0.25, 0.3) is 10.0 Å². The summed E-state index contributed by atoms with van der Waals surface area (Å²) in [5.74, 6) is -1.35. The molecular formula is C31H27N3O5S. The van der Waals surface area contributed by atoms with Gasteiger partial charge < -0.3 is 10.1 Å². The van der Waals surface area contributed by atoms with Gasteiger partial charge in [0, 0.05) is 11.4 Å². The summed E-state index contributed by atoms with van der Waals surface area (Å²) in [4.78, 5) is 30.2. The lowest BCUT2D eigenvalue weighted by Crippen LogP contribution is -2.22. The maximum atomic E-state index is 13.3. The molecule has 4 aromatic rings. The van der Waals surface area contributed by atoms with E-state index in [2.05, 4.69) is 10.0 Å². The molecule has 0 bridgehead atoms. The van der Waals surface area contributed by atoms with Crippen LogP contribution in [0.3, 0.4) is 0 Å². The maximum absolute atomic E-state index is 13.3. The smallest absolute Gasteiger partial charge is 0.310 e. The minimum absolute atomic E-state index is 0.138. The van der Waals surface area contributed by atoms with Crippen molar-refractivity contribution < 1.29 is 22.7 Å². The molecule has 2 N–H and O–H groups in total. The van der Waals surface area contributed by atoms with Gasteiger partial charge in [-0.25, -0.2) is 8.42 Å². The van der Waals surface area contributed by atoms with E-state index in [0.717, 1.165) is 11.1 Å². The maximum Gasteiger partial charge on any atom is 0.310 e. The largest absolute Gasteiger partial charge is 0.466 e. The van der Waals surface area contributed by atoms with Crippen LogP contribution in [0.15, 0.2) is 113 Å². The van der Waals surface area contributed by atoms with E-state index in [0.29, 0.717) is 34.9 Å². The number of amides is 1. The number of ether oxygens (including phenoxy) is 1. The highest BCUT2D eigenvalue weighted by Gasteiger charge is 2.36. The second kappa shape index (κ2) is 11.5. The minimum atomic E-state index is -3.82. The van der Waals surface area contributed by atoms with Gasteiger partial charge in [0.1, 0.15) is 5.92 Å². The summed E-state index contributed by atoms with van der Waals surface area (Å²) in [5.41, 5.74) is 4.19. The lowest BCUT2D eigenvalue weighted by Gasteiger charge is -2.15. The molecule has 1 aliphatic rings. The van der Waals surface area contributed by atoms with Crippen molar-refractivity contribution in [3.63, 3.8) is 0 Å². The molecule has 1 amide bonds. The number of esters is 1.